The molecule has 154 valence electrons. The highest BCUT2D eigenvalue weighted by molar-refractivity contribution is 6.32. The first-order chi connectivity index (χ1) is 13.8. The molecule has 1 aliphatic heterocycles. The van der Waals surface area contributed by atoms with E-state index >= 15 is 0 Å². The second-order valence-electron chi connectivity index (χ2n) is 6.52. The van der Waals surface area contributed by atoms with Crippen molar-refractivity contribution in [3.63, 3.8) is 0 Å². The standard InChI is InChI=1S/C19H18ClF2N3O4/c20-14-11-13(5-6-17(14)29-19(21)22)23-18(26)12-7-9-24(10-8-12)15-3-1-2-4-16(15)25(27)28/h1-6,11-12,19H,7-10H2,(H,23,26). The third kappa shape index (κ3) is 5.11. The van der Waals surface area contributed by atoms with E-state index in [4.69, 9.17) is 11.6 Å². The van der Waals surface area contributed by atoms with Crippen LogP contribution in [0.4, 0.5) is 25.8 Å². The molecule has 0 unspecified atom stereocenters. The molecule has 1 heterocycles. The van der Waals surface area contributed by atoms with Gasteiger partial charge in [-0.15, -0.1) is 0 Å². The van der Waals surface area contributed by atoms with E-state index in [2.05, 4.69) is 10.1 Å². The van der Waals surface area contributed by atoms with E-state index in [-0.39, 0.29) is 28.3 Å². The maximum absolute atomic E-state index is 12.5. The second kappa shape index (κ2) is 9.04. The van der Waals surface area contributed by atoms with Crippen molar-refractivity contribution in [1.29, 1.82) is 0 Å². The van der Waals surface area contributed by atoms with Crippen molar-refractivity contribution in [3.05, 3.63) is 57.6 Å². The third-order valence-corrected chi connectivity index (χ3v) is 5.00. The summed E-state index contributed by atoms with van der Waals surface area (Å²) in [6.45, 7) is -1.98. The maximum atomic E-state index is 12.5. The van der Waals surface area contributed by atoms with E-state index in [1.165, 1.54) is 24.3 Å². The third-order valence-electron chi connectivity index (χ3n) is 4.70. The minimum absolute atomic E-state index is 0.0330. The van der Waals surface area contributed by atoms with Gasteiger partial charge in [-0.25, -0.2) is 0 Å². The number of nitro groups is 1. The lowest BCUT2D eigenvalue weighted by atomic mass is 9.95. The zero-order chi connectivity index (χ0) is 21.0. The van der Waals surface area contributed by atoms with E-state index in [0.717, 1.165) is 0 Å². The van der Waals surface area contributed by atoms with Crippen LogP contribution in [-0.4, -0.2) is 30.5 Å². The number of nitrogens with one attached hydrogen (secondary N) is 1. The number of nitro benzene ring substituents is 1. The Bertz CT molecular complexity index is 905. The Morgan fingerprint density at radius 3 is 2.55 bits per heavy atom. The van der Waals surface area contributed by atoms with Gasteiger partial charge in [-0.1, -0.05) is 23.7 Å². The van der Waals surface area contributed by atoms with Gasteiger partial charge in [0.25, 0.3) is 5.69 Å². The Kier molecular flexibility index (Phi) is 6.48. The molecular formula is C19H18ClF2N3O4. The van der Waals surface area contributed by atoms with Crippen molar-refractivity contribution in [1.82, 2.24) is 0 Å². The van der Waals surface area contributed by atoms with Crippen molar-refractivity contribution in [2.75, 3.05) is 23.3 Å². The zero-order valence-electron chi connectivity index (χ0n) is 15.2. The SMILES string of the molecule is O=C(Nc1ccc(OC(F)F)c(Cl)c1)C1CCN(c2ccccc2[N+](=O)[O-])CC1. The van der Waals surface area contributed by atoms with Gasteiger partial charge < -0.3 is 15.0 Å². The van der Waals surface area contributed by atoms with Crippen LogP contribution in [0.2, 0.25) is 5.02 Å². The number of hydrogen-bond acceptors (Lipinski definition) is 5. The molecule has 0 atom stereocenters. The van der Waals surface area contributed by atoms with Crippen molar-refractivity contribution in [2.24, 2.45) is 5.92 Å². The van der Waals surface area contributed by atoms with Crippen LogP contribution in [-0.2, 0) is 4.79 Å². The van der Waals surface area contributed by atoms with Crippen LogP contribution in [0.3, 0.4) is 0 Å². The molecule has 2 aromatic rings. The number of anilines is 2. The average molecular weight is 426 g/mol. The molecular weight excluding hydrogens is 408 g/mol. The van der Waals surface area contributed by atoms with E-state index in [0.29, 0.717) is 37.3 Å². The Balaban J connectivity index is 1.59. The summed E-state index contributed by atoms with van der Waals surface area (Å²) in [5.74, 6) is -0.659. The second-order valence-corrected chi connectivity index (χ2v) is 6.93. The summed E-state index contributed by atoms with van der Waals surface area (Å²) in [4.78, 5) is 25.2. The van der Waals surface area contributed by atoms with Crippen molar-refractivity contribution >= 4 is 34.6 Å². The van der Waals surface area contributed by atoms with Crippen LogP contribution in [0.15, 0.2) is 42.5 Å². The lowest BCUT2D eigenvalue weighted by Gasteiger charge is -2.32. The summed E-state index contributed by atoms with van der Waals surface area (Å²) in [5, 5.41) is 13.9. The number of halogens is 3. The zero-order valence-corrected chi connectivity index (χ0v) is 15.9. The summed E-state index contributed by atoms with van der Waals surface area (Å²) in [6, 6.07) is 10.6. The smallest absolute Gasteiger partial charge is 0.387 e. The molecule has 3 rings (SSSR count). The summed E-state index contributed by atoms with van der Waals surface area (Å²) in [6.07, 6.45) is 1.05. The molecule has 0 spiro atoms. The van der Waals surface area contributed by atoms with Crippen LogP contribution in [0, 0.1) is 16.0 Å². The Morgan fingerprint density at radius 2 is 1.93 bits per heavy atom. The van der Waals surface area contributed by atoms with Gasteiger partial charge in [0.2, 0.25) is 5.91 Å². The van der Waals surface area contributed by atoms with E-state index in [1.807, 2.05) is 4.90 Å². The number of amides is 1. The molecule has 29 heavy (non-hydrogen) atoms. The van der Waals surface area contributed by atoms with E-state index in [9.17, 15) is 23.7 Å². The van der Waals surface area contributed by atoms with Gasteiger partial charge in [0.05, 0.1) is 9.95 Å². The lowest BCUT2D eigenvalue weighted by molar-refractivity contribution is -0.384. The topological polar surface area (TPSA) is 84.7 Å². The number of nitrogens with zero attached hydrogens (tertiary/aromatic N) is 2. The van der Waals surface area contributed by atoms with E-state index < -0.39 is 11.5 Å². The first-order valence-electron chi connectivity index (χ1n) is 8.88. The fourth-order valence-corrected chi connectivity index (χ4v) is 3.51. The normalized spacial score (nSPS) is 14.7. The van der Waals surface area contributed by atoms with Crippen LogP contribution < -0.4 is 15.0 Å². The summed E-state index contributed by atoms with van der Waals surface area (Å²) in [7, 11) is 0. The van der Waals surface area contributed by atoms with Gasteiger partial charge in [-0.2, -0.15) is 8.78 Å². The molecule has 1 aliphatic rings. The molecule has 0 radical (unpaired) electrons. The number of alkyl halides is 2. The van der Waals surface area contributed by atoms with Crippen LogP contribution in [0.1, 0.15) is 12.8 Å². The predicted molar refractivity (Wildman–Crippen MR) is 105 cm³/mol. The largest absolute Gasteiger partial charge is 0.433 e. The van der Waals surface area contributed by atoms with Crippen LogP contribution in [0.25, 0.3) is 0 Å². The summed E-state index contributed by atoms with van der Waals surface area (Å²) in [5.41, 5.74) is 0.955. The van der Waals surface area contributed by atoms with Crippen LogP contribution >= 0.6 is 11.6 Å². The number of para-hydroxylation sites is 2. The first kappa shape index (κ1) is 20.8. The molecule has 0 aliphatic carbocycles. The average Bonchev–Trinajstić information content (AvgIpc) is 2.70. The molecule has 7 nitrogen and oxygen atoms in total. The molecule has 0 saturated carbocycles. The highest BCUT2D eigenvalue weighted by Crippen LogP contribution is 2.32. The predicted octanol–water partition coefficient (Wildman–Crippen LogP) is 4.70. The van der Waals surface area contributed by atoms with Gasteiger partial charge >= 0.3 is 6.61 Å². The maximum Gasteiger partial charge on any atom is 0.387 e. The Morgan fingerprint density at radius 1 is 1.24 bits per heavy atom. The van der Waals surface area contributed by atoms with Gasteiger partial charge in [0, 0.05) is 30.8 Å². The Hall–Kier alpha value is -2.94. The van der Waals surface area contributed by atoms with Crippen LogP contribution in [0.5, 0.6) is 5.75 Å². The fourth-order valence-electron chi connectivity index (χ4n) is 3.28. The van der Waals surface area contributed by atoms with Gasteiger partial charge in [-0.05, 0) is 37.1 Å². The minimum Gasteiger partial charge on any atom is -0.433 e. The molecule has 0 aromatic heterocycles. The highest BCUT2D eigenvalue weighted by Gasteiger charge is 2.28. The molecule has 2 aromatic carbocycles. The fraction of sp³-hybridized carbons (Fsp3) is 0.316. The molecule has 1 saturated heterocycles. The van der Waals surface area contributed by atoms with Crippen molar-refractivity contribution in [2.45, 2.75) is 19.5 Å². The molecule has 10 heteroatoms. The van der Waals surface area contributed by atoms with Gasteiger partial charge in [0.15, 0.2) is 0 Å². The quantitative estimate of drug-likeness (QED) is 0.535. The number of hydrogen-bond donors (Lipinski definition) is 1. The number of ether oxygens (including phenoxy) is 1. The number of carbonyl (C=O) groups is 1. The highest BCUT2D eigenvalue weighted by atomic mass is 35.5. The minimum atomic E-state index is -2.99. The molecule has 0 bridgehead atoms. The van der Waals surface area contributed by atoms with Crippen molar-refractivity contribution < 1.29 is 23.2 Å². The number of benzene rings is 2. The van der Waals surface area contributed by atoms with E-state index in [1.54, 1.807) is 18.2 Å². The monoisotopic (exact) mass is 425 g/mol. The Labute approximate surface area is 170 Å². The van der Waals surface area contributed by atoms with Gasteiger partial charge in [-0.3, -0.25) is 14.9 Å². The lowest BCUT2D eigenvalue weighted by Crippen LogP contribution is -2.38. The van der Waals surface area contributed by atoms with Gasteiger partial charge in [0.1, 0.15) is 11.4 Å². The number of carbonyl (C=O) groups excluding carboxylic acids is 1. The number of rotatable bonds is 6. The molecule has 1 N–H and O–H groups in total. The summed E-state index contributed by atoms with van der Waals surface area (Å²) < 4.78 is 28.8. The molecule has 1 fully saturated rings. The number of piperidine rings is 1. The molecule has 1 amide bonds. The summed E-state index contributed by atoms with van der Waals surface area (Å²) >= 11 is 5.90. The first-order valence-corrected chi connectivity index (χ1v) is 9.26. The van der Waals surface area contributed by atoms with Crippen molar-refractivity contribution in [3.8, 4) is 5.75 Å².